The number of hydrogen-bond acceptors (Lipinski definition) is 7. The predicted octanol–water partition coefficient (Wildman–Crippen LogP) is 1.29. The standard InChI is InChI=1S/C23H34N4O5S2/c1-25(21(18-26-15-9-10-16-26)19-11-5-4-6-12-19)22(28)17-20-13-7-8-14-23(20,24)27(33(2,29)30)34(3,31)32/h4-8,11-14,20-21H,9-10,15-18,24H2,1-3H3/t20?,21-,23?/m1/s1. The van der Waals surface area contributed by atoms with Crippen LogP contribution in [0.4, 0.5) is 0 Å². The van der Waals surface area contributed by atoms with Crippen LogP contribution >= 0.6 is 0 Å². The van der Waals surface area contributed by atoms with Crippen LogP contribution in [0.15, 0.2) is 54.6 Å². The molecule has 2 unspecified atom stereocenters. The van der Waals surface area contributed by atoms with Gasteiger partial charge in [0.2, 0.25) is 26.0 Å². The number of nitrogens with two attached hydrogens (primary N) is 1. The van der Waals surface area contributed by atoms with Crippen molar-refractivity contribution in [2.45, 2.75) is 31.0 Å². The monoisotopic (exact) mass is 510 g/mol. The molecule has 1 aliphatic carbocycles. The number of nitrogens with zero attached hydrogens (tertiary/aromatic N) is 3. The number of hydrogen-bond donors (Lipinski definition) is 1. The van der Waals surface area contributed by atoms with Crippen molar-refractivity contribution in [1.29, 1.82) is 0 Å². The number of likely N-dealkylation sites (tertiary alicyclic amines) is 1. The molecular weight excluding hydrogens is 476 g/mol. The first-order valence-electron chi connectivity index (χ1n) is 11.2. The Hall–Kier alpha value is -2.05. The molecule has 9 nitrogen and oxygen atoms in total. The minimum absolute atomic E-state index is 0.154. The topological polar surface area (TPSA) is 121 Å². The zero-order chi connectivity index (χ0) is 25.1. The fraction of sp³-hybridized carbons (Fsp3) is 0.522. The highest BCUT2D eigenvalue weighted by molar-refractivity contribution is 8.03. The molecule has 3 atom stereocenters. The number of amides is 1. The van der Waals surface area contributed by atoms with E-state index in [4.69, 9.17) is 5.73 Å². The summed E-state index contributed by atoms with van der Waals surface area (Å²) in [6.07, 6.45) is 9.74. The molecule has 2 aliphatic rings. The van der Waals surface area contributed by atoms with Gasteiger partial charge in [-0.15, -0.1) is 0 Å². The molecule has 0 bridgehead atoms. The lowest BCUT2D eigenvalue weighted by Crippen LogP contribution is -2.63. The second kappa shape index (κ2) is 10.3. The molecule has 0 radical (unpaired) electrons. The zero-order valence-corrected chi connectivity index (χ0v) is 21.5. The lowest BCUT2D eigenvalue weighted by molar-refractivity contribution is -0.133. The lowest BCUT2D eigenvalue weighted by atomic mass is 9.86. The van der Waals surface area contributed by atoms with E-state index in [2.05, 4.69) is 4.90 Å². The molecule has 1 saturated heterocycles. The summed E-state index contributed by atoms with van der Waals surface area (Å²) < 4.78 is 50.1. The zero-order valence-electron chi connectivity index (χ0n) is 19.9. The Morgan fingerprint density at radius 3 is 2.24 bits per heavy atom. The van der Waals surface area contributed by atoms with Gasteiger partial charge in [-0.2, -0.15) is 0 Å². The number of allylic oxidation sites excluding steroid dienone is 2. The fourth-order valence-electron chi connectivity index (χ4n) is 4.78. The van der Waals surface area contributed by atoms with Crippen molar-refractivity contribution >= 4 is 26.0 Å². The molecule has 11 heteroatoms. The molecule has 1 fully saturated rings. The molecule has 1 aromatic carbocycles. The van der Waals surface area contributed by atoms with Crippen LogP contribution in [0.1, 0.15) is 30.9 Å². The maximum absolute atomic E-state index is 13.5. The van der Waals surface area contributed by atoms with Gasteiger partial charge in [0.25, 0.3) is 0 Å². The van der Waals surface area contributed by atoms with Crippen LogP contribution in [0.2, 0.25) is 0 Å². The van der Waals surface area contributed by atoms with Gasteiger partial charge in [0, 0.05) is 25.9 Å². The first kappa shape index (κ1) is 26.6. The van der Waals surface area contributed by atoms with Gasteiger partial charge < -0.3 is 15.5 Å². The highest BCUT2D eigenvalue weighted by Gasteiger charge is 2.49. The van der Waals surface area contributed by atoms with Gasteiger partial charge in [0.05, 0.1) is 18.6 Å². The van der Waals surface area contributed by atoms with Crippen LogP contribution in [0.5, 0.6) is 0 Å². The SMILES string of the molecule is CN(C(=O)CC1C=CC=CC1(N)N(S(C)(=O)=O)S(C)(=O)=O)[C@H](CN1CCCC1)c1ccccc1. The van der Waals surface area contributed by atoms with E-state index < -0.39 is 31.6 Å². The van der Waals surface area contributed by atoms with E-state index >= 15 is 0 Å². The van der Waals surface area contributed by atoms with Crippen molar-refractivity contribution in [3.63, 3.8) is 0 Å². The van der Waals surface area contributed by atoms with Crippen molar-refractivity contribution in [3.8, 4) is 0 Å². The summed E-state index contributed by atoms with van der Waals surface area (Å²) in [7, 11) is -6.76. The summed E-state index contributed by atoms with van der Waals surface area (Å²) in [4.78, 5) is 17.5. The Morgan fingerprint density at radius 1 is 1.09 bits per heavy atom. The molecule has 0 aromatic heterocycles. The van der Waals surface area contributed by atoms with Crippen molar-refractivity contribution < 1.29 is 21.6 Å². The van der Waals surface area contributed by atoms with Crippen LogP contribution in [0.3, 0.4) is 0 Å². The van der Waals surface area contributed by atoms with Gasteiger partial charge in [-0.3, -0.25) is 4.79 Å². The molecule has 1 heterocycles. The average Bonchev–Trinajstić information content (AvgIpc) is 3.25. The minimum Gasteiger partial charge on any atom is -0.337 e. The molecule has 188 valence electrons. The smallest absolute Gasteiger partial charge is 0.226 e. The third kappa shape index (κ3) is 5.95. The maximum Gasteiger partial charge on any atom is 0.226 e. The highest BCUT2D eigenvalue weighted by Crippen LogP contribution is 2.34. The van der Waals surface area contributed by atoms with Gasteiger partial charge in [-0.05, 0) is 37.6 Å². The molecule has 34 heavy (non-hydrogen) atoms. The minimum atomic E-state index is -4.24. The van der Waals surface area contributed by atoms with Crippen LogP contribution < -0.4 is 5.73 Å². The van der Waals surface area contributed by atoms with Crippen molar-refractivity contribution in [3.05, 3.63) is 60.2 Å². The molecule has 0 spiro atoms. The lowest BCUT2D eigenvalue weighted by Gasteiger charge is -2.41. The van der Waals surface area contributed by atoms with Gasteiger partial charge >= 0.3 is 0 Å². The highest BCUT2D eigenvalue weighted by atomic mass is 32.3. The Kier molecular flexibility index (Phi) is 8.03. The van der Waals surface area contributed by atoms with E-state index in [9.17, 15) is 21.6 Å². The first-order valence-corrected chi connectivity index (χ1v) is 14.9. The molecule has 0 saturated carbocycles. The molecular formula is C23H34N4O5S2. The van der Waals surface area contributed by atoms with Crippen LogP contribution in [-0.2, 0) is 24.8 Å². The van der Waals surface area contributed by atoms with Gasteiger partial charge in [0.1, 0.15) is 5.66 Å². The van der Waals surface area contributed by atoms with E-state index in [1.165, 1.54) is 12.2 Å². The summed E-state index contributed by atoms with van der Waals surface area (Å²) >= 11 is 0. The summed E-state index contributed by atoms with van der Waals surface area (Å²) in [5, 5.41) is 0. The molecule has 1 aliphatic heterocycles. The summed E-state index contributed by atoms with van der Waals surface area (Å²) in [6.45, 7) is 2.63. The first-order chi connectivity index (χ1) is 15.8. The van der Waals surface area contributed by atoms with Gasteiger partial charge in [-0.25, -0.2) is 16.8 Å². The summed E-state index contributed by atoms with van der Waals surface area (Å²) in [5.41, 5.74) is 5.51. The Morgan fingerprint density at radius 2 is 1.68 bits per heavy atom. The summed E-state index contributed by atoms with van der Waals surface area (Å²) in [6, 6.07) is 9.54. The quantitative estimate of drug-likeness (QED) is 0.497. The third-order valence-electron chi connectivity index (χ3n) is 6.40. The number of carbonyl (C=O) groups excluding carboxylic acids is 1. The Labute approximate surface area is 203 Å². The Balaban J connectivity index is 1.89. The third-order valence-corrected chi connectivity index (χ3v) is 9.86. The van der Waals surface area contributed by atoms with Crippen molar-refractivity contribution in [2.75, 3.05) is 39.2 Å². The number of benzene rings is 1. The molecule has 1 amide bonds. The van der Waals surface area contributed by atoms with Gasteiger partial charge in [0.15, 0.2) is 0 Å². The van der Waals surface area contributed by atoms with Crippen LogP contribution in [-0.4, -0.2) is 81.1 Å². The molecule has 3 rings (SSSR count). The van der Waals surface area contributed by atoms with Crippen molar-refractivity contribution in [1.82, 2.24) is 13.5 Å². The second-order valence-electron chi connectivity index (χ2n) is 9.10. The predicted molar refractivity (Wildman–Crippen MR) is 132 cm³/mol. The van der Waals surface area contributed by atoms with Crippen molar-refractivity contribution in [2.24, 2.45) is 11.7 Å². The normalized spacial score (nSPS) is 24.4. The maximum atomic E-state index is 13.5. The van der Waals surface area contributed by atoms with E-state index in [-0.39, 0.29) is 18.4 Å². The van der Waals surface area contributed by atoms with E-state index in [0.717, 1.165) is 44.0 Å². The Bertz CT molecular complexity index is 1110. The number of carbonyl (C=O) groups is 1. The van der Waals surface area contributed by atoms with E-state index in [1.54, 1.807) is 24.1 Å². The average molecular weight is 511 g/mol. The number of likely N-dealkylation sites (N-methyl/N-ethyl adjacent to an activating group) is 1. The number of sulfonamides is 2. The molecule has 1 aromatic rings. The number of rotatable bonds is 9. The fourth-order valence-corrected chi connectivity index (χ4v) is 8.29. The van der Waals surface area contributed by atoms with E-state index in [1.807, 2.05) is 30.3 Å². The van der Waals surface area contributed by atoms with Gasteiger partial charge in [-0.1, -0.05) is 52.3 Å². The second-order valence-corrected chi connectivity index (χ2v) is 13.0. The molecule has 2 N–H and O–H groups in total. The van der Waals surface area contributed by atoms with Crippen LogP contribution in [0, 0.1) is 5.92 Å². The van der Waals surface area contributed by atoms with E-state index in [0.29, 0.717) is 10.3 Å². The largest absolute Gasteiger partial charge is 0.337 e. The summed E-state index contributed by atoms with van der Waals surface area (Å²) in [5.74, 6) is -1.13. The van der Waals surface area contributed by atoms with Crippen LogP contribution in [0.25, 0.3) is 0 Å².